The maximum Gasteiger partial charge on any atom is 0.00281 e. The van der Waals surface area contributed by atoms with Gasteiger partial charge in [-0.25, -0.2) is 0 Å². The molecule has 1 aliphatic rings. The van der Waals surface area contributed by atoms with E-state index in [1.807, 2.05) is 0 Å². The van der Waals surface area contributed by atoms with E-state index in [-0.39, 0.29) is 0 Å². The van der Waals surface area contributed by atoms with Crippen LogP contribution in [0.3, 0.4) is 0 Å². The van der Waals surface area contributed by atoms with Crippen LogP contribution in [-0.4, -0.2) is 10.2 Å². The minimum atomic E-state index is 0.989. The molecule has 1 aliphatic carbocycles. The Morgan fingerprint density at radius 1 is 1.18 bits per heavy atom. The molecule has 11 heavy (non-hydrogen) atoms. The smallest absolute Gasteiger partial charge is 0.00281 e. The molecule has 1 rings (SSSR count). The van der Waals surface area contributed by atoms with Gasteiger partial charge in [-0.2, -0.15) is 0 Å². The molecule has 0 nitrogen and oxygen atoms in total. The first-order valence-electron chi connectivity index (χ1n) is 5.16. The summed E-state index contributed by atoms with van der Waals surface area (Å²) in [6.07, 6.45) is 2.99. The van der Waals surface area contributed by atoms with Gasteiger partial charge < -0.3 is 0 Å². The van der Waals surface area contributed by atoms with E-state index < -0.39 is 0 Å². The first-order chi connectivity index (χ1) is 5.16. The maximum atomic E-state index is 2.45. The fraction of sp³-hybridized carbons (Fsp3) is 1.00. The van der Waals surface area contributed by atoms with E-state index in [0.717, 1.165) is 23.7 Å². The van der Waals surface area contributed by atoms with E-state index in [1.54, 1.807) is 0 Å². The molecule has 0 amide bonds. The van der Waals surface area contributed by atoms with Gasteiger partial charge in [-0.15, -0.1) is 0 Å². The topological polar surface area (TPSA) is 0 Å². The van der Waals surface area contributed by atoms with Crippen molar-refractivity contribution in [2.45, 2.75) is 39.7 Å². The van der Waals surface area contributed by atoms with Crippen LogP contribution in [0.25, 0.3) is 0 Å². The third kappa shape index (κ3) is 1.87. The predicted octanol–water partition coefficient (Wildman–Crippen LogP) is 2.09. The third-order valence-corrected chi connectivity index (χ3v) is 4.25. The molecule has 0 N–H and O–H groups in total. The maximum absolute atomic E-state index is 2.45. The zero-order valence-electron chi connectivity index (χ0n) is 8.43. The normalized spacial score (nSPS) is 45.0. The van der Waals surface area contributed by atoms with Gasteiger partial charge in [-0.3, -0.25) is 0 Å². The van der Waals surface area contributed by atoms with E-state index in [2.05, 4.69) is 20.8 Å². The predicted molar refractivity (Wildman–Crippen MR) is 55.0 cm³/mol. The van der Waals surface area contributed by atoms with Crippen LogP contribution in [-0.2, 0) is 0 Å². The van der Waals surface area contributed by atoms with Crippen LogP contribution in [0.4, 0.5) is 0 Å². The van der Waals surface area contributed by atoms with E-state index in [9.17, 15) is 0 Å². The quantitative estimate of drug-likeness (QED) is 0.557. The zero-order valence-corrected chi connectivity index (χ0v) is 10.4. The van der Waals surface area contributed by atoms with E-state index >= 15 is 0 Å². The van der Waals surface area contributed by atoms with Crippen molar-refractivity contribution in [1.29, 1.82) is 0 Å². The second kappa shape index (κ2) is 3.75. The van der Waals surface area contributed by atoms with Crippen molar-refractivity contribution in [1.82, 2.24) is 0 Å². The molecule has 0 radical (unpaired) electrons. The summed E-state index contributed by atoms with van der Waals surface area (Å²) in [5.74, 6) is 4.05. The fourth-order valence-electron chi connectivity index (χ4n) is 2.80. The molecule has 1 saturated carbocycles. The summed E-state index contributed by atoms with van der Waals surface area (Å²) in [6.45, 7) is 7.33. The van der Waals surface area contributed by atoms with Crippen LogP contribution < -0.4 is 0 Å². The van der Waals surface area contributed by atoms with Gasteiger partial charge >= 0.3 is 0 Å². The molecule has 4 atom stereocenters. The lowest BCUT2D eigenvalue weighted by atomic mass is 9.87. The minimum Gasteiger partial charge on any atom is -0.0656 e. The molecule has 3 unspecified atom stereocenters. The Morgan fingerprint density at radius 3 is 2.18 bits per heavy atom. The van der Waals surface area contributed by atoms with Crippen LogP contribution in [0.15, 0.2) is 0 Å². The van der Waals surface area contributed by atoms with Crippen LogP contribution in [0.5, 0.6) is 0 Å². The fourth-order valence-corrected chi connectivity index (χ4v) is 3.46. The molecular formula is C10H22Si. The van der Waals surface area contributed by atoms with Gasteiger partial charge in [0.25, 0.3) is 0 Å². The van der Waals surface area contributed by atoms with Crippen molar-refractivity contribution in [2.75, 3.05) is 0 Å². The van der Waals surface area contributed by atoms with Crippen LogP contribution in [0.1, 0.15) is 33.6 Å². The Bertz CT molecular complexity index is 122. The van der Waals surface area contributed by atoms with Crippen molar-refractivity contribution in [3.63, 3.8) is 0 Å². The highest BCUT2D eigenvalue weighted by Crippen LogP contribution is 2.42. The Morgan fingerprint density at radius 2 is 1.82 bits per heavy atom. The standard InChI is InChI=1S/C10H22Si/c1-7-6-8(2)10(4-5-11)9(7)3/h7-10H,4-6H2,1-3,11H3/t7?,8-,9?,10?/m0/s1. The van der Waals surface area contributed by atoms with E-state index in [0.29, 0.717) is 0 Å². The summed E-state index contributed by atoms with van der Waals surface area (Å²) in [5.41, 5.74) is 0. The number of hydrogen-bond donors (Lipinski definition) is 0. The van der Waals surface area contributed by atoms with Gasteiger partial charge in [0, 0.05) is 10.2 Å². The molecule has 0 aromatic rings. The first kappa shape index (κ1) is 9.31. The summed E-state index contributed by atoms with van der Waals surface area (Å²) >= 11 is 0. The molecule has 0 aliphatic heterocycles. The molecule has 0 bridgehead atoms. The molecule has 1 fully saturated rings. The lowest BCUT2D eigenvalue weighted by Gasteiger charge is -2.19. The summed E-state index contributed by atoms with van der Waals surface area (Å²) in [6, 6.07) is 1.51. The summed E-state index contributed by atoms with van der Waals surface area (Å²) in [4.78, 5) is 0. The van der Waals surface area contributed by atoms with Crippen LogP contribution >= 0.6 is 0 Å². The van der Waals surface area contributed by atoms with Crippen molar-refractivity contribution in [3.8, 4) is 0 Å². The lowest BCUT2D eigenvalue weighted by molar-refractivity contribution is 0.314. The summed E-state index contributed by atoms with van der Waals surface area (Å²) < 4.78 is 0. The summed E-state index contributed by atoms with van der Waals surface area (Å²) in [5, 5.41) is 0. The molecule has 0 heterocycles. The van der Waals surface area contributed by atoms with E-state index in [1.165, 1.54) is 29.1 Å². The molecule has 1 heteroatoms. The van der Waals surface area contributed by atoms with Crippen molar-refractivity contribution >= 4 is 10.2 Å². The molecule has 0 aromatic heterocycles. The highest BCUT2D eigenvalue weighted by Gasteiger charge is 2.34. The van der Waals surface area contributed by atoms with Crippen molar-refractivity contribution in [2.24, 2.45) is 23.7 Å². The SMILES string of the molecule is CC1C[C@H](C)C(CC[SiH3])C1C. The third-order valence-electron chi connectivity index (χ3n) is 3.67. The molecule has 66 valence electrons. The Labute approximate surface area is 74.2 Å². The van der Waals surface area contributed by atoms with Crippen molar-refractivity contribution < 1.29 is 0 Å². The molecule has 0 aromatic carbocycles. The number of hydrogen-bond acceptors (Lipinski definition) is 0. The van der Waals surface area contributed by atoms with E-state index in [4.69, 9.17) is 0 Å². The number of rotatable bonds is 2. The second-order valence-corrected chi connectivity index (χ2v) is 5.50. The van der Waals surface area contributed by atoms with Gasteiger partial charge in [-0.1, -0.05) is 33.2 Å². The lowest BCUT2D eigenvalue weighted by Crippen LogP contribution is -2.12. The van der Waals surface area contributed by atoms with Crippen LogP contribution in [0, 0.1) is 23.7 Å². The monoisotopic (exact) mass is 170 g/mol. The molecule has 0 spiro atoms. The van der Waals surface area contributed by atoms with Gasteiger partial charge in [0.2, 0.25) is 0 Å². The Hall–Kier alpha value is 0.217. The van der Waals surface area contributed by atoms with Crippen LogP contribution in [0.2, 0.25) is 6.04 Å². The molecular weight excluding hydrogens is 148 g/mol. The summed E-state index contributed by atoms with van der Waals surface area (Å²) in [7, 11) is 1.40. The highest BCUT2D eigenvalue weighted by atomic mass is 28.1. The average Bonchev–Trinajstić information content (AvgIpc) is 2.17. The average molecular weight is 170 g/mol. The molecule has 0 saturated heterocycles. The van der Waals surface area contributed by atoms with Gasteiger partial charge in [-0.05, 0) is 30.1 Å². The Balaban J connectivity index is 2.49. The zero-order chi connectivity index (χ0) is 8.43. The first-order valence-corrected chi connectivity index (χ1v) is 6.58. The second-order valence-electron chi connectivity index (χ2n) is 4.50. The minimum absolute atomic E-state index is 0.989. The Kier molecular flexibility index (Phi) is 3.17. The van der Waals surface area contributed by atoms with Crippen molar-refractivity contribution in [3.05, 3.63) is 0 Å². The largest absolute Gasteiger partial charge is 0.0656 e. The van der Waals surface area contributed by atoms with Gasteiger partial charge in [0.15, 0.2) is 0 Å². The van der Waals surface area contributed by atoms with Gasteiger partial charge in [0.05, 0.1) is 0 Å². The van der Waals surface area contributed by atoms with Gasteiger partial charge in [0.1, 0.15) is 0 Å². The highest BCUT2D eigenvalue weighted by molar-refractivity contribution is 6.08.